The third-order valence-corrected chi connectivity index (χ3v) is 4.70. The molecule has 4 heteroatoms. The molecule has 0 saturated heterocycles. The summed E-state index contributed by atoms with van der Waals surface area (Å²) in [6.07, 6.45) is 1.77. The van der Waals surface area contributed by atoms with Crippen molar-refractivity contribution in [2.24, 2.45) is 0 Å². The second-order valence-electron chi connectivity index (χ2n) is 6.66. The second kappa shape index (κ2) is 6.63. The Hall–Kier alpha value is -2.36. The van der Waals surface area contributed by atoms with Gasteiger partial charge in [0, 0.05) is 17.4 Å². The predicted octanol–water partition coefficient (Wildman–Crippen LogP) is 4.22. The molecule has 0 radical (unpaired) electrons. The van der Waals surface area contributed by atoms with Gasteiger partial charge >= 0.3 is 0 Å². The minimum absolute atomic E-state index is 0.0484. The van der Waals surface area contributed by atoms with E-state index in [-0.39, 0.29) is 24.3 Å². The van der Waals surface area contributed by atoms with Crippen LogP contribution in [0.2, 0.25) is 0 Å². The summed E-state index contributed by atoms with van der Waals surface area (Å²) in [5, 5.41) is 3.01. The zero-order valence-corrected chi connectivity index (χ0v) is 14.4. The van der Waals surface area contributed by atoms with Crippen LogP contribution in [0, 0.1) is 19.7 Å². The molecule has 0 aliphatic carbocycles. The van der Waals surface area contributed by atoms with E-state index in [4.69, 9.17) is 0 Å². The van der Waals surface area contributed by atoms with Crippen molar-refractivity contribution in [2.75, 3.05) is 16.8 Å². The van der Waals surface area contributed by atoms with Crippen LogP contribution in [0.1, 0.15) is 30.0 Å². The van der Waals surface area contributed by atoms with E-state index in [2.05, 4.69) is 17.1 Å². The number of rotatable bonds is 3. The van der Waals surface area contributed by atoms with Crippen molar-refractivity contribution in [3.05, 3.63) is 58.9 Å². The van der Waals surface area contributed by atoms with Crippen molar-refractivity contribution >= 4 is 17.3 Å². The molecule has 0 fully saturated rings. The van der Waals surface area contributed by atoms with E-state index in [1.807, 2.05) is 32.0 Å². The van der Waals surface area contributed by atoms with E-state index < -0.39 is 0 Å². The normalized spacial score (nSPS) is 16.7. The monoisotopic (exact) mass is 326 g/mol. The Kier molecular flexibility index (Phi) is 4.56. The number of amides is 1. The summed E-state index contributed by atoms with van der Waals surface area (Å²) in [6.45, 7) is 6.37. The van der Waals surface area contributed by atoms with Crippen molar-refractivity contribution in [1.29, 1.82) is 0 Å². The Labute approximate surface area is 142 Å². The molecule has 1 heterocycles. The van der Waals surface area contributed by atoms with Gasteiger partial charge in [0.1, 0.15) is 5.82 Å². The van der Waals surface area contributed by atoms with Crippen LogP contribution in [0.15, 0.2) is 36.4 Å². The molecule has 2 aromatic rings. The molecule has 1 N–H and O–H groups in total. The fourth-order valence-corrected chi connectivity index (χ4v) is 3.25. The van der Waals surface area contributed by atoms with Gasteiger partial charge in [-0.1, -0.05) is 12.1 Å². The maximum Gasteiger partial charge on any atom is 0.243 e. The maximum absolute atomic E-state index is 13.5. The lowest BCUT2D eigenvalue weighted by molar-refractivity contribution is -0.115. The summed E-state index contributed by atoms with van der Waals surface area (Å²) in [5.41, 5.74) is 4.95. The van der Waals surface area contributed by atoms with Gasteiger partial charge in [-0.15, -0.1) is 0 Å². The average Bonchev–Trinajstić information content (AvgIpc) is 2.53. The van der Waals surface area contributed by atoms with Gasteiger partial charge in [0.05, 0.1) is 6.54 Å². The highest BCUT2D eigenvalue weighted by atomic mass is 19.1. The highest BCUT2D eigenvalue weighted by Crippen LogP contribution is 2.31. The first-order chi connectivity index (χ1) is 11.4. The SMILES string of the molecule is Cc1ccc(C)c(NC(=O)CN2c3ccc(F)cc3CCC2C)c1. The molecule has 24 heavy (non-hydrogen) atoms. The lowest BCUT2D eigenvalue weighted by Gasteiger charge is -2.36. The van der Waals surface area contributed by atoms with Crippen LogP contribution in [-0.4, -0.2) is 18.5 Å². The van der Waals surface area contributed by atoms with Crippen LogP contribution in [0.4, 0.5) is 15.8 Å². The number of fused-ring (bicyclic) bond motifs is 1. The summed E-state index contributed by atoms with van der Waals surface area (Å²) in [5.74, 6) is -0.268. The van der Waals surface area contributed by atoms with Crippen LogP contribution in [0.3, 0.4) is 0 Å². The number of carbonyl (C=O) groups is 1. The number of carbonyl (C=O) groups excluding carboxylic acids is 1. The number of aryl methyl sites for hydroxylation is 3. The molecule has 0 spiro atoms. The van der Waals surface area contributed by atoms with E-state index in [1.54, 1.807) is 12.1 Å². The molecule has 0 saturated carbocycles. The van der Waals surface area contributed by atoms with Crippen molar-refractivity contribution in [2.45, 2.75) is 39.7 Å². The highest BCUT2D eigenvalue weighted by Gasteiger charge is 2.25. The zero-order chi connectivity index (χ0) is 17.3. The Morgan fingerprint density at radius 1 is 1.25 bits per heavy atom. The standard InChI is InChI=1S/C20H23FN2O/c1-13-4-5-14(2)18(10-13)22-20(24)12-23-15(3)6-7-16-11-17(21)8-9-19(16)23/h4-5,8-11,15H,6-7,12H2,1-3H3,(H,22,24). The quantitative estimate of drug-likeness (QED) is 0.916. The first-order valence-electron chi connectivity index (χ1n) is 8.36. The van der Waals surface area contributed by atoms with Crippen LogP contribution in [-0.2, 0) is 11.2 Å². The van der Waals surface area contributed by atoms with Crippen molar-refractivity contribution in [3.8, 4) is 0 Å². The fraction of sp³-hybridized carbons (Fsp3) is 0.350. The molecule has 1 amide bonds. The van der Waals surface area contributed by atoms with E-state index in [9.17, 15) is 9.18 Å². The van der Waals surface area contributed by atoms with Crippen LogP contribution < -0.4 is 10.2 Å². The fourth-order valence-electron chi connectivity index (χ4n) is 3.25. The average molecular weight is 326 g/mol. The minimum atomic E-state index is -0.219. The molecule has 3 rings (SSSR count). The molecule has 2 aromatic carbocycles. The number of nitrogens with zero attached hydrogens (tertiary/aromatic N) is 1. The molecule has 1 atom stereocenters. The van der Waals surface area contributed by atoms with E-state index in [1.165, 1.54) is 6.07 Å². The third kappa shape index (κ3) is 3.42. The van der Waals surface area contributed by atoms with Gasteiger partial charge in [-0.25, -0.2) is 4.39 Å². The summed E-state index contributed by atoms with van der Waals surface area (Å²) in [7, 11) is 0. The van der Waals surface area contributed by atoms with Gasteiger partial charge in [0.15, 0.2) is 0 Å². The van der Waals surface area contributed by atoms with Gasteiger partial charge in [0.25, 0.3) is 0 Å². The van der Waals surface area contributed by atoms with Crippen LogP contribution >= 0.6 is 0 Å². The van der Waals surface area contributed by atoms with Gasteiger partial charge in [0.2, 0.25) is 5.91 Å². The lowest BCUT2D eigenvalue weighted by Crippen LogP contribution is -2.42. The summed E-state index contributed by atoms with van der Waals surface area (Å²) >= 11 is 0. The molecule has 1 unspecified atom stereocenters. The van der Waals surface area contributed by atoms with E-state index in [0.717, 1.165) is 40.9 Å². The van der Waals surface area contributed by atoms with Gasteiger partial charge in [-0.05, 0) is 74.6 Å². The number of anilines is 2. The Balaban J connectivity index is 1.78. The molecule has 0 aromatic heterocycles. The zero-order valence-electron chi connectivity index (χ0n) is 14.4. The van der Waals surface area contributed by atoms with E-state index in [0.29, 0.717) is 0 Å². The third-order valence-electron chi connectivity index (χ3n) is 4.70. The number of hydrogen-bond donors (Lipinski definition) is 1. The smallest absolute Gasteiger partial charge is 0.243 e. The molecule has 3 nitrogen and oxygen atoms in total. The van der Waals surface area contributed by atoms with Crippen molar-refractivity contribution in [1.82, 2.24) is 0 Å². The van der Waals surface area contributed by atoms with Gasteiger partial charge in [-0.2, -0.15) is 0 Å². The van der Waals surface area contributed by atoms with Crippen molar-refractivity contribution in [3.63, 3.8) is 0 Å². The van der Waals surface area contributed by atoms with E-state index >= 15 is 0 Å². The van der Waals surface area contributed by atoms with Gasteiger partial charge < -0.3 is 10.2 Å². The molecule has 0 bridgehead atoms. The van der Waals surface area contributed by atoms with Crippen molar-refractivity contribution < 1.29 is 9.18 Å². The Morgan fingerprint density at radius 2 is 2.04 bits per heavy atom. The molecular formula is C20H23FN2O. The number of hydrogen-bond acceptors (Lipinski definition) is 2. The second-order valence-corrected chi connectivity index (χ2v) is 6.66. The number of nitrogens with one attached hydrogen (secondary N) is 1. The molecule has 1 aliphatic rings. The topological polar surface area (TPSA) is 32.3 Å². The summed E-state index contributed by atoms with van der Waals surface area (Å²) < 4.78 is 13.5. The lowest BCUT2D eigenvalue weighted by atomic mass is 9.96. The molecule has 126 valence electrons. The van der Waals surface area contributed by atoms with Gasteiger partial charge in [-0.3, -0.25) is 4.79 Å². The molecule has 1 aliphatic heterocycles. The first kappa shape index (κ1) is 16.5. The Morgan fingerprint density at radius 3 is 2.83 bits per heavy atom. The first-order valence-corrected chi connectivity index (χ1v) is 8.36. The highest BCUT2D eigenvalue weighted by molar-refractivity contribution is 5.95. The predicted molar refractivity (Wildman–Crippen MR) is 96.1 cm³/mol. The maximum atomic E-state index is 13.5. The summed E-state index contributed by atoms with van der Waals surface area (Å²) in [6, 6.07) is 11.1. The number of halogens is 1. The largest absolute Gasteiger partial charge is 0.359 e. The number of benzene rings is 2. The van der Waals surface area contributed by atoms with Crippen LogP contribution in [0.25, 0.3) is 0 Å². The Bertz CT molecular complexity index is 772. The summed E-state index contributed by atoms with van der Waals surface area (Å²) in [4.78, 5) is 14.6. The molecular weight excluding hydrogens is 303 g/mol. The van der Waals surface area contributed by atoms with Crippen LogP contribution in [0.5, 0.6) is 0 Å². The minimum Gasteiger partial charge on any atom is -0.359 e.